The SMILES string of the molecule is CC[C@@]1(O)C(=O)OCc2c1cc1n(c2=O)Cc2c-1nc1ccc(NC(=O)CN)c3c1c2CCC3.O=C(O)C(F)(F)F.O=C(O)C(F)(F)F. The van der Waals surface area contributed by atoms with Crippen molar-refractivity contribution in [2.24, 2.45) is 5.73 Å². The number of benzene rings is 1. The van der Waals surface area contributed by atoms with Crippen LogP contribution in [-0.4, -0.2) is 67.6 Å². The van der Waals surface area contributed by atoms with Crippen LogP contribution in [0.3, 0.4) is 0 Å². The number of nitrogens with one attached hydrogen (secondary N) is 1. The van der Waals surface area contributed by atoms with Crippen LogP contribution >= 0.6 is 0 Å². The summed E-state index contributed by atoms with van der Waals surface area (Å²) in [6.07, 6.45) is -7.50. The molecule has 6 N–H and O–H groups in total. The third kappa shape index (κ3) is 6.55. The van der Waals surface area contributed by atoms with E-state index in [1.165, 1.54) is 0 Å². The molecule has 3 aliphatic rings. The fourth-order valence-corrected chi connectivity index (χ4v) is 5.64. The van der Waals surface area contributed by atoms with Gasteiger partial charge < -0.3 is 35.7 Å². The Morgan fingerprint density at radius 1 is 1.00 bits per heavy atom. The highest BCUT2D eigenvalue weighted by molar-refractivity contribution is 6.00. The van der Waals surface area contributed by atoms with Gasteiger partial charge in [-0.15, -0.1) is 0 Å². The van der Waals surface area contributed by atoms with Gasteiger partial charge in [-0.2, -0.15) is 26.3 Å². The molecule has 0 radical (unpaired) electrons. The third-order valence-corrected chi connectivity index (χ3v) is 7.87. The van der Waals surface area contributed by atoms with Gasteiger partial charge in [0.25, 0.3) is 5.56 Å². The van der Waals surface area contributed by atoms with Crippen LogP contribution in [0.15, 0.2) is 23.0 Å². The predicted molar refractivity (Wildman–Crippen MR) is 152 cm³/mol. The zero-order valence-electron chi connectivity index (χ0n) is 24.7. The first kappa shape index (κ1) is 35.8. The van der Waals surface area contributed by atoms with Crippen LogP contribution in [0.1, 0.15) is 47.6 Å². The molecule has 19 heteroatoms. The van der Waals surface area contributed by atoms with Crippen molar-refractivity contribution in [3.63, 3.8) is 0 Å². The first-order valence-electron chi connectivity index (χ1n) is 14.0. The summed E-state index contributed by atoms with van der Waals surface area (Å²) in [6, 6.07) is 5.46. The number of carbonyl (C=O) groups excluding carboxylic acids is 2. The molecule has 1 aliphatic carbocycles. The number of carboxylic acids is 2. The number of amides is 1. The Bertz CT molecular complexity index is 1880. The van der Waals surface area contributed by atoms with E-state index in [-0.39, 0.29) is 31.0 Å². The molecule has 0 fully saturated rings. The second-order valence-corrected chi connectivity index (χ2v) is 10.7. The number of carboxylic acid groups (broad SMARTS) is 2. The number of aliphatic hydroxyl groups is 1. The zero-order valence-corrected chi connectivity index (χ0v) is 24.7. The predicted octanol–water partition coefficient (Wildman–Crippen LogP) is 2.73. The molecule has 0 saturated heterocycles. The summed E-state index contributed by atoms with van der Waals surface area (Å²) in [4.78, 5) is 60.5. The van der Waals surface area contributed by atoms with Crippen LogP contribution in [0.4, 0.5) is 32.0 Å². The van der Waals surface area contributed by atoms with Gasteiger partial charge in [0.15, 0.2) is 5.60 Å². The van der Waals surface area contributed by atoms with Crippen LogP contribution in [0.2, 0.25) is 0 Å². The maximum absolute atomic E-state index is 13.4. The maximum atomic E-state index is 13.4. The van der Waals surface area contributed by atoms with Crippen molar-refractivity contribution in [3.05, 3.63) is 56.4 Å². The normalized spacial score (nSPS) is 17.4. The number of hydrogen-bond acceptors (Lipinski definition) is 9. The van der Waals surface area contributed by atoms with Crippen molar-refractivity contribution in [2.45, 2.75) is 63.7 Å². The van der Waals surface area contributed by atoms with Gasteiger partial charge in [-0.3, -0.25) is 9.59 Å². The van der Waals surface area contributed by atoms with E-state index in [1.807, 2.05) is 12.1 Å². The van der Waals surface area contributed by atoms with Gasteiger partial charge in [0.1, 0.15) is 6.61 Å². The van der Waals surface area contributed by atoms with Crippen LogP contribution in [-0.2, 0) is 55.5 Å². The Kier molecular flexibility index (Phi) is 9.60. The smallest absolute Gasteiger partial charge is 0.475 e. The minimum Gasteiger partial charge on any atom is -0.475 e. The van der Waals surface area contributed by atoms with Crippen molar-refractivity contribution >= 4 is 40.4 Å². The van der Waals surface area contributed by atoms with Gasteiger partial charge in [0.05, 0.1) is 35.6 Å². The molecule has 0 spiro atoms. The Morgan fingerprint density at radius 3 is 2.12 bits per heavy atom. The number of rotatable bonds is 3. The lowest BCUT2D eigenvalue weighted by molar-refractivity contribution is -0.193. The molecule has 3 aromatic rings. The Hall–Kier alpha value is -5.04. The van der Waals surface area contributed by atoms with Crippen LogP contribution in [0.25, 0.3) is 22.3 Å². The quantitative estimate of drug-likeness (QED) is 0.156. The number of aliphatic carboxylic acids is 2. The molecule has 2 aromatic heterocycles. The second-order valence-electron chi connectivity index (χ2n) is 10.7. The number of aryl methyl sites for hydroxylation is 2. The lowest BCUT2D eigenvalue weighted by Gasteiger charge is -2.31. The zero-order chi connectivity index (χ0) is 35.9. The van der Waals surface area contributed by atoms with Gasteiger partial charge in [0.2, 0.25) is 5.91 Å². The van der Waals surface area contributed by atoms with E-state index in [0.717, 1.165) is 52.5 Å². The van der Waals surface area contributed by atoms with Crippen LogP contribution in [0.5, 0.6) is 0 Å². The number of esters is 1. The summed E-state index contributed by atoms with van der Waals surface area (Å²) >= 11 is 0. The largest absolute Gasteiger partial charge is 0.490 e. The number of hydrogen-bond donors (Lipinski definition) is 5. The number of nitrogens with two attached hydrogens (primary N) is 1. The lowest BCUT2D eigenvalue weighted by Crippen LogP contribution is -2.44. The number of anilines is 1. The molecule has 13 nitrogen and oxygen atoms in total. The first-order chi connectivity index (χ1) is 22.3. The summed E-state index contributed by atoms with van der Waals surface area (Å²) < 4.78 is 70.3. The van der Waals surface area contributed by atoms with E-state index in [4.69, 9.17) is 35.3 Å². The van der Waals surface area contributed by atoms with E-state index in [0.29, 0.717) is 29.1 Å². The monoisotopic (exact) mass is 688 g/mol. The van der Waals surface area contributed by atoms with E-state index < -0.39 is 35.9 Å². The van der Waals surface area contributed by atoms with Crippen molar-refractivity contribution in [2.75, 3.05) is 11.9 Å². The summed E-state index contributed by atoms with van der Waals surface area (Å²) in [7, 11) is 0. The molecule has 1 atom stereocenters. The molecular formula is C29H26F6N4O9. The van der Waals surface area contributed by atoms with Crippen molar-refractivity contribution in [1.29, 1.82) is 0 Å². The van der Waals surface area contributed by atoms with E-state index >= 15 is 0 Å². The average Bonchev–Trinajstić information content (AvgIpc) is 3.39. The Labute approximate surface area is 264 Å². The number of alkyl halides is 6. The highest BCUT2D eigenvalue weighted by Gasteiger charge is 2.45. The molecule has 258 valence electrons. The molecule has 6 rings (SSSR count). The standard InChI is InChI=1S/C25H24N4O5.2C2HF3O2/c1-2-25(33)16-8-19-22-14(10-29(19)23(31)15(16)11-34-24(25)32)12-4-3-5-13-17(27-20(30)9-26)6-7-18(28-22)21(12)13;2*3-2(4,5)1(6)7/h6-8,33H,2-5,9-11,26H2,1H3,(H,27,30);2*(H,6,7)/t25-;;/m0../s1. The summed E-state index contributed by atoms with van der Waals surface area (Å²) in [6.45, 7) is 1.81. The molecular weight excluding hydrogens is 662 g/mol. The van der Waals surface area contributed by atoms with E-state index in [9.17, 15) is 45.8 Å². The van der Waals surface area contributed by atoms with Gasteiger partial charge in [-0.25, -0.2) is 19.4 Å². The fourth-order valence-electron chi connectivity index (χ4n) is 5.64. The number of halogens is 6. The Morgan fingerprint density at radius 2 is 1.58 bits per heavy atom. The van der Waals surface area contributed by atoms with Crippen LogP contribution < -0.4 is 16.6 Å². The topological polar surface area (TPSA) is 211 Å². The maximum Gasteiger partial charge on any atom is 0.490 e. The lowest BCUT2D eigenvalue weighted by atomic mass is 9.85. The molecule has 48 heavy (non-hydrogen) atoms. The number of nitrogens with zero attached hydrogens (tertiary/aromatic N) is 2. The summed E-state index contributed by atoms with van der Waals surface area (Å²) in [5.41, 5.74) is 9.98. The number of ether oxygens (including phenoxy) is 1. The molecule has 4 heterocycles. The number of aromatic nitrogens is 2. The minimum absolute atomic E-state index is 0.0913. The second kappa shape index (κ2) is 12.9. The minimum atomic E-state index is -5.08. The first-order valence-corrected chi connectivity index (χ1v) is 14.0. The number of carbonyl (C=O) groups is 4. The van der Waals surface area contributed by atoms with Crippen LogP contribution in [0, 0.1) is 0 Å². The van der Waals surface area contributed by atoms with Gasteiger partial charge in [0, 0.05) is 22.2 Å². The van der Waals surface area contributed by atoms with Crippen molar-refractivity contribution in [1.82, 2.24) is 9.55 Å². The third-order valence-electron chi connectivity index (χ3n) is 7.87. The van der Waals surface area contributed by atoms with Gasteiger partial charge in [-0.05, 0) is 55.0 Å². The van der Waals surface area contributed by atoms with Gasteiger partial charge >= 0.3 is 30.3 Å². The molecule has 0 saturated carbocycles. The molecule has 1 amide bonds. The summed E-state index contributed by atoms with van der Waals surface area (Å²) in [5, 5.41) is 29.2. The number of fused-ring (bicyclic) bond motifs is 5. The highest BCUT2D eigenvalue weighted by atomic mass is 19.4. The van der Waals surface area contributed by atoms with Gasteiger partial charge in [-0.1, -0.05) is 6.92 Å². The molecule has 1 aromatic carbocycles. The highest BCUT2D eigenvalue weighted by Crippen LogP contribution is 2.43. The molecule has 2 aliphatic heterocycles. The molecule has 0 unspecified atom stereocenters. The average molecular weight is 689 g/mol. The van der Waals surface area contributed by atoms with Crippen molar-refractivity contribution in [3.8, 4) is 11.4 Å². The number of cyclic esters (lactones) is 1. The van der Waals surface area contributed by atoms with E-state index in [1.54, 1.807) is 17.6 Å². The van der Waals surface area contributed by atoms with Crippen molar-refractivity contribution < 1.29 is 65.6 Å². The summed E-state index contributed by atoms with van der Waals surface area (Å²) in [5.74, 6) is -6.50. The Balaban J connectivity index is 0.000000314. The number of pyridine rings is 2. The molecule has 0 bridgehead atoms. The fraction of sp³-hybridized carbons (Fsp3) is 0.379. The van der Waals surface area contributed by atoms with E-state index in [2.05, 4.69) is 5.32 Å².